The molecule has 1 unspecified atom stereocenters. The number of nitrogens with two attached hydrogens (primary N) is 1. The van der Waals surface area contributed by atoms with E-state index in [4.69, 9.17) is 15.7 Å². The zero-order valence-electron chi connectivity index (χ0n) is 8.29. The third-order valence-corrected chi connectivity index (χ3v) is 1.47. The molecule has 0 saturated heterocycles. The van der Waals surface area contributed by atoms with Gasteiger partial charge in [-0.3, -0.25) is 5.73 Å². The second-order valence-corrected chi connectivity index (χ2v) is 4.03. The van der Waals surface area contributed by atoms with Gasteiger partial charge >= 0.3 is 0 Å². The Hall–Kier alpha value is -0.160. The first-order valence-corrected chi connectivity index (χ1v) is 4.20. The van der Waals surface area contributed by atoms with E-state index in [2.05, 4.69) is 13.8 Å². The molecule has 0 aromatic heterocycles. The molecule has 0 aliphatic heterocycles. The van der Waals surface area contributed by atoms with E-state index in [1.807, 2.05) is 19.3 Å². The molecule has 0 saturated carbocycles. The number of hydrogen-bond donors (Lipinski definition) is 3. The summed E-state index contributed by atoms with van der Waals surface area (Å²) < 4.78 is 5.31. The third kappa shape index (κ3) is 5.49. The van der Waals surface area contributed by atoms with Crippen molar-refractivity contribution < 1.29 is 9.94 Å². The Morgan fingerprint density at radius 3 is 2.33 bits per heavy atom. The van der Waals surface area contributed by atoms with Crippen LogP contribution in [-0.2, 0) is 4.74 Å². The van der Waals surface area contributed by atoms with Crippen LogP contribution in [0.3, 0.4) is 0 Å². The van der Waals surface area contributed by atoms with Gasteiger partial charge in [0.15, 0.2) is 6.35 Å². The first-order chi connectivity index (χ1) is 5.37. The van der Waals surface area contributed by atoms with Crippen molar-refractivity contribution in [3.63, 3.8) is 0 Å². The van der Waals surface area contributed by atoms with Crippen LogP contribution in [0.25, 0.3) is 0 Å². The van der Waals surface area contributed by atoms with Crippen molar-refractivity contribution >= 4 is 0 Å². The van der Waals surface area contributed by atoms with E-state index in [0.29, 0.717) is 5.92 Å². The Balaban J connectivity index is 3.85. The largest absolute Gasteiger partial charge is 0.342 e. The molecule has 74 valence electrons. The summed E-state index contributed by atoms with van der Waals surface area (Å²) in [5.41, 5.74) is 6.90. The molecule has 0 heterocycles. The maximum absolute atomic E-state index is 8.43. The third-order valence-electron chi connectivity index (χ3n) is 1.47. The summed E-state index contributed by atoms with van der Waals surface area (Å²) in [6, 6.07) is 0. The van der Waals surface area contributed by atoms with Gasteiger partial charge in [-0.2, -0.15) is 5.48 Å². The van der Waals surface area contributed by atoms with Gasteiger partial charge < -0.3 is 9.94 Å². The van der Waals surface area contributed by atoms with Gasteiger partial charge in [-0.1, -0.05) is 13.8 Å². The lowest BCUT2D eigenvalue weighted by Gasteiger charge is -2.29. The molecule has 0 amide bonds. The molecule has 12 heavy (non-hydrogen) atoms. The minimum Gasteiger partial charge on any atom is -0.342 e. The van der Waals surface area contributed by atoms with Crippen molar-refractivity contribution in [1.29, 1.82) is 0 Å². The van der Waals surface area contributed by atoms with Crippen molar-refractivity contribution in [2.45, 2.75) is 46.1 Å². The summed E-state index contributed by atoms with van der Waals surface area (Å²) >= 11 is 0. The van der Waals surface area contributed by atoms with E-state index in [1.165, 1.54) is 0 Å². The lowest BCUT2D eigenvalue weighted by Crippen LogP contribution is -2.44. The maximum Gasteiger partial charge on any atom is 0.183 e. The topological polar surface area (TPSA) is 67.5 Å². The number of hydroxylamine groups is 1. The van der Waals surface area contributed by atoms with E-state index < -0.39 is 6.35 Å². The van der Waals surface area contributed by atoms with Crippen LogP contribution < -0.4 is 11.2 Å². The van der Waals surface area contributed by atoms with Gasteiger partial charge in [-0.25, -0.2) is 0 Å². The molecule has 0 aromatic carbocycles. The molecule has 0 aromatic rings. The van der Waals surface area contributed by atoms with Crippen LogP contribution in [0.5, 0.6) is 0 Å². The quantitative estimate of drug-likeness (QED) is 0.432. The highest BCUT2D eigenvalue weighted by Gasteiger charge is 2.22. The number of rotatable bonds is 5. The van der Waals surface area contributed by atoms with Gasteiger partial charge in [0.25, 0.3) is 0 Å². The van der Waals surface area contributed by atoms with E-state index in [9.17, 15) is 0 Å². The summed E-state index contributed by atoms with van der Waals surface area (Å²) in [4.78, 5) is 0. The number of nitrogens with one attached hydrogen (secondary N) is 1. The zero-order chi connectivity index (χ0) is 9.78. The highest BCUT2D eigenvalue weighted by atomic mass is 16.6. The highest BCUT2D eigenvalue weighted by molar-refractivity contribution is 4.70. The van der Waals surface area contributed by atoms with Gasteiger partial charge in [0.1, 0.15) is 0 Å². The van der Waals surface area contributed by atoms with Crippen molar-refractivity contribution in [1.82, 2.24) is 5.48 Å². The second-order valence-electron chi connectivity index (χ2n) is 4.03. The Kier molecular flexibility index (Phi) is 4.70. The van der Waals surface area contributed by atoms with Crippen molar-refractivity contribution in [2.24, 2.45) is 11.7 Å². The number of ether oxygens (including phenoxy) is 1. The van der Waals surface area contributed by atoms with Crippen LogP contribution in [-0.4, -0.2) is 17.2 Å². The lowest BCUT2D eigenvalue weighted by molar-refractivity contribution is -0.133. The summed E-state index contributed by atoms with van der Waals surface area (Å²) in [5.74, 6) is 0.547. The predicted molar refractivity (Wildman–Crippen MR) is 47.5 cm³/mol. The molecule has 0 fully saturated rings. The highest BCUT2D eigenvalue weighted by Crippen LogP contribution is 2.20. The molecule has 0 bridgehead atoms. The molecular formula is C8H20N2O2. The average molecular weight is 176 g/mol. The van der Waals surface area contributed by atoms with Crippen LogP contribution in [0.2, 0.25) is 0 Å². The fourth-order valence-electron chi connectivity index (χ4n) is 1.40. The summed E-state index contributed by atoms with van der Waals surface area (Å²) in [6.07, 6.45) is 0.0984. The van der Waals surface area contributed by atoms with Crippen LogP contribution in [0.1, 0.15) is 34.1 Å². The van der Waals surface area contributed by atoms with Crippen molar-refractivity contribution in [3.05, 3.63) is 0 Å². The van der Waals surface area contributed by atoms with E-state index in [0.717, 1.165) is 6.42 Å². The molecular weight excluding hydrogens is 156 g/mol. The lowest BCUT2D eigenvalue weighted by atomic mass is 9.96. The van der Waals surface area contributed by atoms with Crippen molar-refractivity contribution in [3.8, 4) is 0 Å². The van der Waals surface area contributed by atoms with Gasteiger partial charge in [0, 0.05) is 0 Å². The van der Waals surface area contributed by atoms with Gasteiger partial charge in [-0.05, 0) is 26.2 Å². The van der Waals surface area contributed by atoms with E-state index >= 15 is 0 Å². The Labute approximate surface area is 74.0 Å². The molecule has 4 heteroatoms. The van der Waals surface area contributed by atoms with Gasteiger partial charge in [0.2, 0.25) is 0 Å². The molecule has 0 spiro atoms. The first kappa shape index (κ1) is 11.8. The fourth-order valence-corrected chi connectivity index (χ4v) is 1.40. The van der Waals surface area contributed by atoms with Crippen LogP contribution >= 0.6 is 0 Å². The normalized spacial score (nSPS) is 15.2. The maximum atomic E-state index is 8.43. The van der Waals surface area contributed by atoms with Crippen LogP contribution in [0, 0.1) is 5.92 Å². The number of hydrogen-bond acceptors (Lipinski definition) is 4. The molecule has 0 radical (unpaired) electrons. The molecule has 1 atom stereocenters. The monoisotopic (exact) mass is 176 g/mol. The second kappa shape index (κ2) is 4.77. The Bertz CT molecular complexity index is 126. The summed E-state index contributed by atoms with van der Waals surface area (Å²) in [6.45, 7) is 8.13. The minimum absolute atomic E-state index is 0.302. The fraction of sp³-hybridized carbons (Fsp3) is 1.00. The molecule has 4 nitrogen and oxygen atoms in total. The minimum atomic E-state index is -0.807. The standard InChI is InChI=1S/C8H20N2O2/c1-6(2)5-8(3,4)12-7(9)10-11/h6-7,10-11H,5,9H2,1-4H3. The molecule has 4 N–H and O–H groups in total. The van der Waals surface area contributed by atoms with E-state index in [1.54, 1.807) is 0 Å². The van der Waals surface area contributed by atoms with Crippen LogP contribution in [0.4, 0.5) is 0 Å². The van der Waals surface area contributed by atoms with Crippen LogP contribution in [0.15, 0.2) is 0 Å². The predicted octanol–water partition coefficient (Wildman–Crippen LogP) is 1.05. The summed E-state index contributed by atoms with van der Waals surface area (Å²) in [5, 5.41) is 8.43. The first-order valence-electron chi connectivity index (χ1n) is 4.20. The average Bonchev–Trinajstić information content (AvgIpc) is 1.83. The molecule has 0 aliphatic rings. The van der Waals surface area contributed by atoms with Gasteiger partial charge in [0.05, 0.1) is 5.60 Å². The Morgan fingerprint density at radius 1 is 1.50 bits per heavy atom. The van der Waals surface area contributed by atoms with E-state index in [-0.39, 0.29) is 5.60 Å². The zero-order valence-corrected chi connectivity index (χ0v) is 8.29. The smallest absolute Gasteiger partial charge is 0.183 e. The Morgan fingerprint density at radius 2 is 2.00 bits per heavy atom. The molecule has 0 rings (SSSR count). The summed E-state index contributed by atoms with van der Waals surface area (Å²) in [7, 11) is 0. The SMILES string of the molecule is CC(C)CC(C)(C)OC(N)NO. The van der Waals surface area contributed by atoms with Crippen molar-refractivity contribution in [2.75, 3.05) is 0 Å². The molecule has 0 aliphatic carbocycles. The van der Waals surface area contributed by atoms with Gasteiger partial charge in [-0.15, -0.1) is 0 Å².